The largest absolute Gasteiger partial charge is 0.478 e. The Hall–Kier alpha value is -3.13. The molecule has 0 saturated heterocycles. The van der Waals surface area contributed by atoms with Crippen LogP contribution in [0.3, 0.4) is 0 Å². The molecule has 0 aliphatic carbocycles. The summed E-state index contributed by atoms with van der Waals surface area (Å²) in [5.74, 6) is 0.237. The highest BCUT2D eigenvalue weighted by Crippen LogP contribution is 2.28. The molecule has 28 heavy (non-hydrogen) atoms. The Morgan fingerprint density at radius 2 is 1.93 bits per heavy atom. The van der Waals surface area contributed by atoms with Gasteiger partial charge in [-0.05, 0) is 36.8 Å². The lowest BCUT2D eigenvalue weighted by Gasteiger charge is -2.09. The minimum Gasteiger partial charge on any atom is -0.478 e. The van der Waals surface area contributed by atoms with Gasteiger partial charge in [-0.25, -0.2) is 4.79 Å². The topological polar surface area (TPSA) is 97.1 Å². The van der Waals surface area contributed by atoms with E-state index in [9.17, 15) is 9.59 Å². The van der Waals surface area contributed by atoms with Crippen molar-refractivity contribution in [3.05, 3.63) is 59.7 Å². The average molecular weight is 396 g/mol. The van der Waals surface area contributed by atoms with Crippen LogP contribution in [0.2, 0.25) is 0 Å². The van der Waals surface area contributed by atoms with Crippen molar-refractivity contribution in [2.75, 3.05) is 5.32 Å². The summed E-state index contributed by atoms with van der Waals surface area (Å²) in [6.07, 6.45) is 0. The standard InChI is InChI=1S/C20H20N4O3S/c1-3-24-18(15-7-5-9-17(11-15)21-13(2)25)22-23-20(24)28-12-14-6-4-8-16(10-14)19(26)27/h4-11H,3,12H2,1-2H3,(H,21,25)(H,26,27). The summed E-state index contributed by atoms with van der Waals surface area (Å²) in [4.78, 5) is 22.4. The van der Waals surface area contributed by atoms with Crippen molar-refractivity contribution in [3.63, 3.8) is 0 Å². The number of thioether (sulfide) groups is 1. The number of nitrogens with zero attached hydrogens (tertiary/aromatic N) is 3. The molecule has 1 amide bonds. The maximum atomic E-state index is 11.3. The van der Waals surface area contributed by atoms with Gasteiger partial charge in [-0.2, -0.15) is 0 Å². The predicted octanol–water partition coefficient (Wildman–Crippen LogP) is 3.91. The number of carboxylic acids is 1. The summed E-state index contributed by atoms with van der Waals surface area (Å²) in [6, 6.07) is 14.3. The monoisotopic (exact) mass is 396 g/mol. The Morgan fingerprint density at radius 3 is 2.64 bits per heavy atom. The third kappa shape index (κ3) is 4.58. The van der Waals surface area contributed by atoms with Gasteiger partial charge in [0.15, 0.2) is 11.0 Å². The minimum atomic E-state index is -0.940. The van der Waals surface area contributed by atoms with Crippen molar-refractivity contribution in [1.29, 1.82) is 0 Å². The molecule has 2 N–H and O–H groups in total. The van der Waals surface area contributed by atoms with Crippen LogP contribution in [0.25, 0.3) is 11.4 Å². The second-order valence-electron chi connectivity index (χ2n) is 6.11. The minimum absolute atomic E-state index is 0.131. The summed E-state index contributed by atoms with van der Waals surface area (Å²) < 4.78 is 2.00. The molecule has 2 aromatic carbocycles. The molecule has 3 rings (SSSR count). The number of hydrogen-bond acceptors (Lipinski definition) is 5. The number of carboxylic acid groups (broad SMARTS) is 1. The Morgan fingerprint density at radius 1 is 1.14 bits per heavy atom. The summed E-state index contributed by atoms with van der Waals surface area (Å²) in [5, 5.41) is 21.3. The molecule has 144 valence electrons. The first-order valence-electron chi connectivity index (χ1n) is 8.74. The van der Waals surface area contributed by atoms with Crippen molar-refractivity contribution in [3.8, 4) is 11.4 Å². The van der Waals surface area contributed by atoms with Gasteiger partial charge in [-0.15, -0.1) is 10.2 Å². The molecule has 8 heteroatoms. The van der Waals surface area contributed by atoms with Gasteiger partial charge < -0.3 is 15.0 Å². The molecule has 0 atom stereocenters. The van der Waals surface area contributed by atoms with Crippen molar-refractivity contribution in [2.45, 2.75) is 31.3 Å². The Kier molecular flexibility index (Phi) is 6.10. The number of hydrogen-bond donors (Lipinski definition) is 2. The third-order valence-electron chi connectivity index (χ3n) is 4.02. The fourth-order valence-corrected chi connectivity index (χ4v) is 3.72. The molecule has 0 bridgehead atoms. The molecule has 0 aliphatic heterocycles. The molecule has 0 saturated carbocycles. The zero-order chi connectivity index (χ0) is 20.1. The van der Waals surface area contributed by atoms with E-state index in [2.05, 4.69) is 15.5 Å². The van der Waals surface area contributed by atoms with Gasteiger partial charge in [-0.1, -0.05) is 36.0 Å². The number of rotatable bonds is 7. The van der Waals surface area contributed by atoms with Crippen LogP contribution in [-0.4, -0.2) is 31.7 Å². The number of anilines is 1. The van der Waals surface area contributed by atoms with Crippen molar-refractivity contribution >= 4 is 29.3 Å². The van der Waals surface area contributed by atoms with Gasteiger partial charge in [0.25, 0.3) is 0 Å². The summed E-state index contributed by atoms with van der Waals surface area (Å²) >= 11 is 1.50. The first kappa shape index (κ1) is 19.6. The first-order valence-corrected chi connectivity index (χ1v) is 9.72. The molecule has 0 radical (unpaired) electrons. The molecular formula is C20H20N4O3S. The van der Waals surface area contributed by atoms with Crippen molar-refractivity contribution in [2.24, 2.45) is 0 Å². The Labute approximate surface area is 166 Å². The molecule has 1 aromatic heterocycles. The molecule has 0 spiro atoms. The number of carbonyl (C=O) groups is 2. The van der Waals surface area contributed by atoms with E-state index in [4.69, 9.17) is 5.11 Å². The van der Waals surface area contributed by atoms with E-state index in [1.807, 2.05) is 41.8 Å². The van der Waals surface area contributed by atoms with Crippen LogP contribution in [0, 0.1) is 0 Å². The van der Waals surface area contributed by atoms with Gasteiger partial charge in [-0.3, -0.25) is 4.79 Å². The Bertz CT molecular complexity index is 1020. The van der Waals surface area contributed by atoms with E-state index in [1.54, 1.807) is 18.2 Å². The number of amides is 1. The summed E-state index contributed by atoms with van der Waals surface area (Å²) in [7, 11) is 0. The number of benzene rings is 2. The summed E-state index contributed by atoms with van der Waals surface area (Å²) in [5.41, 5.74) is 2.74. The second-order valence-corrected chi connectivity index (χ2v) is 7.05. The molecule has 0 fully saturated rings. The maximum absolute atomic E-state index is 11.3. The predicted molar refractivity (Wildman–Crippen MR) is 108 cm³/mol. The first-order chi connectivity index (χ1) is 13.5. The fourth-order valence-electron chi connectivity index (χ4n) is 2.78. The van der Waals surface area contributed by atoms with Crippen LogP contribution < -0.4 is 5.32 Å². The summed E-state index contributed by atoms with van der Waals surface area (Å²) in [6.45, 7) is 4.17. The molecule has 0 unspecified atom stereocenters. The van der Waals surface area contributed by atoms with Gasteiger partial charge >= 0.3 is 5.97 Å². The van der Waals surface area contributed by atoms with Crippen LogP contribution in [0.1, 0.15) is 29.8 Å². The van der Waals surface area contributed by atoms with E-state index in [0.29, 0.717) is 18.0 Å². The molecule has 3 aromatic rings. The van der Waals surface area contributed by atoms with E-state index < -0.39 is 5.97 Å². The lowest BCUT2D eigenvalue weighted by molar-refractivity contribution is -0.114. The van der Waals surface area contributed by atoms with Crippen LogP contribution in [0.15, 0.2) is 53.7 Å². The molecule has 7 nitrogen and oxygen atoms in total. The number of aromatic carboxylic acids is 1. The smallest absolute Gasteiger partial charge is 0.335 e. The highest BCUT2D eigenvalue weighted by molar-refractivity contribution is 7.98. The van der Waals surface area contributed by atoms with Crippen LogP contribution in [0.4, 0.5) is 5.69 Å². The van der Waals surface area contributed by atoms with Crippen LogP contribution in [0.5, 0.6) is 0 Å². The highest BCUT2D eigenvalue weighted by atomic mass is 32.2. The van der Waals surface area contributed by atoms with E-state index in [-0.39, 0.29) is 11.5 Å². The molecule has 0 aliphatic rings. The van der Waals surface area contributed by atoms with E-state index in [0.717, 1.165) is 22.1 Å². The quantitative estimate of drug-likeness (QED) is 0.588. The van der Waals surface area contributed by atoms with Crippen LogP contribution in [-0.2, 0) is 17.1 Å². The number of aromatic nitrogens is 3. The lowest BCUT2D eigenvalue weighted by atomic mass is 10.1. The maximum Gasteiger partial charge on any atom is 0.335 e. The molecular weight excluding hydrogens is 376 g/mol. The zero-order valence-corrected chi connectivity index (χ0v) is 16.4. The third-order valence-corrected chi connectivity index (χ3v) is 5.05. The van der Waals surface area contributed by atoms with Gasteiger partial charge in [0.2, 0.25) is 5.91 Å². The van der Waals surface area contributed by atoms with Gasteiger partial charge in [0.1, 0.15) is 0 Å². The molecule has 1 heterocycles. The van der Waals surface area contributed by atoms with Crippen molar-refractivity contribution in [1.82, 2.24) is 14.8 Å². The van der Waals surface area contributed by atoms with E-state index in [1.165, 1.54) is 18.7 Å². The van der Waals surface area contributed by atoms with Crippen molar-refractivity contribution < 1.29 is 14.7 Å². The van der Waals surface area contributed by atoms with Crippen LogP contribution >= 0.6 is 11.8 Å². The normalized spacial score (nSPS) is 10.6. The number of carbonyl (C=O) groups excluding carboxylic acids is 1. The average Bonchev–Trinajstić information content (AvgIpc) is 3.09. The number of nitrogens with one attached hydrogen (secondary N) is 1. The highest BCUT2D eigenvalue weighted by Gasteiger charge is 2.14. The fraction of sp³-hybridized carbons (Fsp3) is 0.200. The van der Waals surface area contributed by atoms with Gasteiger partial charge in [0.05, 0.1) is 5.56 Å². The second kappa shape index (κ2) is 8.71. The lowest BCUT2D eigenvalue weighted by Crippen LogP contribution is -2.06. The Balaban J connectivity index is 1.82. The van der Waals surface area contributed by atoms with Gasteiger partial charge in [0, 0.05) is 30.5 Å². The van der Waals surface area contributed by atoms with E-state index >= 15 is 0 Å². The zero-order valence-electron chi connectivity index (χ0n) is 15.5. The SMILES string of the molecule is CCn1c(SCc2cccc(C(=O)O)c2)nnc1-c1cccc(NC(C)=O)c1.